The summed E-state index contributed by atoms with van der Waals surface area (Å²) < 4.78 is 26.5. The third kappa shape index (κ3) is 5.41. The van der Waals surface area contributed by atoms with E-state index >= 15 is 0 Å². The highest BCUT2D eigenvalue weighted by Gasteiger charge is 2.23. The summed E-state index contributed by atoms with van der Waals surface area (Å²) in [6.45, 7) is 0. The van der Waals surface area contributed by atoms with E-state index in [1.807, 2.05) is 24.3 Å². The van der Waals surface area contributed by atoms with Crippen LogP contribution in [0.2, 0.25) is 0 Å². The number of hydrogen-bond acceptors (Lipinski definition) is 8. The van der Waals surface area contributed by atoms with Gasteiger partial charge >= 0.3 is 0 Å². The van der Waals surface area contributed by atoms with Gasteiger partial charge in [0.2, 0.25) is 16.0 Å². The molecule has 4 rings (SSSR count). The van der Waals surface area contributed by atoms with E-state index in [2.05, 4.69) is 51.2 Å². The minimum atomic E-state index is -3.18. The van der Waals surface area contributed by atoms with Crippen molar-refractivity contribution in [1.29, 1.82) is 0 Å². The van der Waals surface area contributed by atoms with Gasteiger partial charge in [0.25, 0.3) is 0 Å². The van der Waals surface area contributed by atoms with Crippen molar-refractivity contribution in [2.24, 2.45) is 0 Å². The highest BCUT2D eigenvalue weighted by Crippen LogP contribution is 2.25. The van der Waals surface area contributed by atoms with Gasteiger partial charge in [0, 0.05) is 22.2 Å². The van der Waals surface area contributed by atoms with Gasteiger partial charge in [-0.15, -0.1) is 0 Å². The van der Waals surface area contributed by atoms with E-state index in [4.69, 9.17) is 0 Å². The van der Waals surface area contributed by atoms with Crippen molar-refractivity contribution in [3.63, 3.8) is 0 Å². The van der Waals surface area contributed by atoms with Crippen molar-refractivity contribution < 1.29 is 8.42 Å². The number of hydrogen-bond donors (Lipinski definition) is 3. The summed E-state index contributed by atoms with van der Waals surface area (Å²) in [5.41, 5.74) is 2.16. The number of sulfonamides is 1. The molecule has 2 aromatic heterocycles. The predicted octanol–water partition coefficient (Wildman–Crippen LogP) is 3.20. The predicted molar refractivity (Wildman–Crippen MR) is 120 cm³/mol. The second kappa shape index (κ2) is 8.78. The van der Waals surface area contributed by atoms with E-state index < -0.39 is 10.0 Å². The number of rotatable bonds is 6. The second-order valence-corrected chi connectivity index (χ2v) is 10.1. The van der Waals surface area contributed by atoms with Gasteiger partial charge in [0.1, 0.15) is 17.4 Å². The van der Waals surface area contributed by atoms with Gasteiger partial charge in [-0.05, 0) is 43.9 Å². The second-order valence-electron chi connectivity index (χ2n) is 7.37. The molecule has 0 saturated heterocycles. The Bertz CT molecular complexity index is 1150. The van der Waals surface area contributed by atoms with Gasteiger partial charge in [0.05, 0.1) is 12.5 Å². The molecule has 0 amide bonds. The number of halogens is 1. The van der Waals surface area contributed by atoms with Crippen molar-refractivity contribution in [3.8, 4) is 0 Å². The van der Waals surface area contributed by atoms with Crippen LogP contribution in [0.4, 0.5) is 17.5 Å². The molecule has 0 radical (unpaired) electrons. The zero-order valence-electron chi connectivity index (χ0n) is 16.3. The van der Waals surface area contributed by atoms with E-state index in [9.17, 15) is 8.42 Å². The maximum atomic E-state index is 11.4. The molecular weight excluding hydrogens is 470 g/mol. The fourth-order valence-electron chi connectivity index (χ4n) is 3.56. The van der Waals surface area contributed by atoms with Crippen LogP contribution in [0.3, 0.4) is 0 Å². The molecule has 1 aliphatic carbocycles. The lowest BCUT2D eigenvalue weighted by atomic mass is 9.92. The van der Waals surface area contributed by atoms with Gasteiger partial charge < -0.3 is 10.6 Å². The Morgan fingerprint density at radius 1 is 1.07 bits per heavy atom. The number of fused-ring (bicyclic) bond motifs is 1. The molecule has 3 N–H and O–H groups in total. The first-order chi connectivity index (χ1) is 14.4. The molecule has 2 heterocycles. The van der Waals surface area contributed by atoms with Crippen LogP contribution < -0.4 is 15.4 Å². The summed E-state index contributed by atoms with van der Waals surface area (Å²) in [6.07, 6.45) is 7.58. The summed E-state index contributed by atoms with van der Waals surface area (Å²) in [5, 5.41) is 6.65. The van der Waals surface area contributed by atoms with Crippen LogP contribution in [0, 0.1) is 0 Å². The number of anilines is 3. The third-order valence-electron chi connectivity index (χ3n) is 4.91. The molecule has 0 unspecified atom stereocenters. The fourth-order valence-corrected chi connectivity index (χ4v) is 4.80. The number of benzene rings is 1. The molecule has 11 heteroatoms. The lowest BCUT2D eigenvalue weighted by molar-refractivity contribution is 0.387. The average Bonchev–Trinajstić information content (AvgIpc) is 2.69. The molecule has 0 aliphatic heterocycles. The molecule has 1 aromatic carbocycles. The maximum absolute atomic E-state index is 11.4. The van der Waals surface area contributed by atoms with Crippen LogP contribution in [0.25, 0.3) is 11.0 Å². The Kier molecular flexibility index (Phi) is 6.11. The van der Waals surface area contributed by atoms with Gasteiger partial charge in [0.15, 0.2) is 5.82 Å². The van der Waals surface area contributed by atoms with Gasteiger partial charge in [-0.2, -0.15) is 0 Å². The number of aromatic nitrogens is 4. The highest BCUT2D eigenvalue weighted by molar-refractivity contribution is 9.10. The molecule has 1 fully saturated rings. The van der Waals surface area contributed by atoms with Crippen LogP contribution in [0.15, 0.2) is 41.3 Å². The zero-order chi connectivity index (χ0) is 21.1. The van der Waals surface area contributed by atoms with Gasteiger partial charge in [-0.1, -0.05) is 22.0 Å². The van der Waals surface area contributed by atoms with Crippen LogP contribution >= 0.6 is 15.9 Å². The average molecular weight is 492 g/mol. The van der Waals surface area contributed by atoms with E-state index in [0.29, 0.717) is 22.8 Å². The van der Waals surface area contributed by atoms with Crippen molar-refractivity contribution >= 4 is 54.4 Å². The van der Waals surface area contributed by atoms with E-state index in [0.717, 1.165) is 35.8 Å². The molecule has 1 aliphatic rings. The van der Waals surface area contributed by atoms with Crippen molar-refractivity contribution in [2.45, 2.75) is 37.8 Å². The quantitative estimate of drug-likeness (QED) is 0.480. The minimum absolute atomic E-state index is 0.00929. The van der Waals surface area contributed by atoms with E-state index in [1.54, 1.807) is 6.20 Å². The Morgan fingerprint density at radius 3 is 2.57 bits per heavy atom. The van der Waals surface area contributed by atoms with Crippen molar-refractivity contribution in [3.05, 3.63) is 41.3 Å². The molecule has 0 bridgehead atoms. The third-order valence-corrected chi connectivity index (χ3v) is 6.16. The molecule has 30 heavy (non-hydrogen) atoms. The van der Waals surface area contributed by atoms with Gasteiger partial charge in [-0.3, -0.25) is 0 Å². The Hall–Kier alpha value is -2.37. The Balaban J connectivity index is 1.48. The van der Waals surface area contributed by atoms with Crippen molar-refractivity contribution in [1.82, 2.24) is 24.7 Å². The monoisotopic (exact) mass is 491 g/mol. The standard InChI is InChI=1S/C19H22BrN7O2S/c1-30(28,29)27-14-7-5-13(6-8-14)25-19-21-10-16-17(26-19)18(23-11-22-16)24-15-4-2-3-12(20)9-15/h2-4,9-11,13-14,27H,5-8H2,1H3,(H,21,25,26)(H,22,23,24). The SMILES string of the molecule is CS(=O)(=O)NC1CCC(Nc2ncc3ncnc(Nc4cccc(Br)c4)c3n2)CC1. The Labute approximate surface area is 183 Å². The molecule has 9 nitrogen and oxygen atoms in total. The molecule has 1 saturated carbocycles. The summed E-state index contributed by atoms with van der Waals surface area (Å²) >= 11 is 3.47. The van der Waals surface area contributed by atoms with E-state index in [1.165, 1.54) is 12.6 Å². The fraction of sp³-hybridized carbons (Fsp3) is 0.368. The first kappa shape index (κ1) is 20.9. The van der Waals surface area contributed by atoms with Gasteiger partial charge in [-0.25, -0.2) is 33.1 Å². The molecule has 158 valence electrons. The Morgan fingerprint density at radius 2 is 1.83 bits per heavy atom. The largest absolute Gasteiger partial charge is 0.351 e. The smallest absolute Gasteiger partial charge is 0.223 e. The zero-order valence-corrected chi connectivity index (χ0v) is 18.7. The van der Waals surface area contributed by atoms with E-state index in [-0.39, 0.29) is 12.1 Å². The summed E-state index contributed by atoms with van der Waals surface area (Å²) in [7, 11) is -3.18. The van der Waals surface area contributed by atoms with Crippen LogP contribution in [0.1, 0.15) is 25.7 Å². The summed E-state index contributed by atoms with van der Waals surface area (Å²) in [6, 6.07) is 7.97. The lowest BCUT2D eigenvalue weighted by Crippen LogP contribution is -2.39. The van der Waals surface area contributed by atoms with Crippen molar-refractivity contribution in [2.75, 3.05) is 16.9 Å². The highest BCUT2D eigenvalue weighted by atomic mass is 79.9. The molecule has 3 aromatic rings. The van der Waals surface area contributed by atoms with Crippen LogP contribution in [-0.2, 0) is 10.0 Å². The molecular formula is C19H22BrN7O2S. The summed E-state index contributed by atoms with van der Waals surface area (Å²) in [4.78, 5) is 17.6. The normalized spacial score (nSPS) is 19.5. The van der Waals surface area contributed by atoms with Crippen LogP contribution in [0.5, 0.6) is 0 Å². The first-order valence-corrected chi connectivity index (χ1v) is 12.3. The number of nitrogens with zero attached hydrogens (tertiary/aromatic N) is 4. The van der Waals surface area contributed by atoms with Crippen LogP contribution in [-0.4, -0.2) is 46.7 Å². The lowest BCUT2D eigenvalue weighted by Gasteiger charge is -2.29. The topological polar surface area (TPSA) is 122 Å². The molecule has 0 spiro atoms. The maximum Gasteiger partial charge on any atom is 0.223 e. The minimum Gasteiger partial charge on any atom is -0.351 e. The summed E-state index contributed by atoms with van der Waals surface area (Å²) in [5.74, 6) is 1.11. The molecule has 0 atom stereocenters. The first-order valence-electron chi connectivity index (χ1n) is 9.60. The number of nitrogens with one attached hydrogen (secondary N) is 3.